The lowest BCUT2D eigenvalue weighted by Crippen LogP contribution is -2.37. The molecule has 0 bridgehead atoms. The van der Waals surface area contributed by atoms with Gasteiger partial charge in [-0.1, -0.05) is 12.5 Å². The van der Waals surface area contributed by atoms with Crippen LogP contribution in [0.15, 0.2) is 18.2 Å². The van der Waals surface area contributed by atoms with Gasteiger partial charge in [0.1, 0.15) is 11.6 Å². The van der Waals surface area contributed by atoms with Crippen molar-refractivity contribution in [3.05, 3.63) is 29.6 Å². The highest BCUT2D eigenvalue weighted by Gasteiger charge is 2.33. The molecule has 1 aromatic rings. The van der Waals surface area contributed by atoms with Crippen molar-refractivity contribution >= 4 is 12.4 Å². The summed E-state index contributed by atoms with van der Waals surface area (Å²) in [6.45, 7) is 0. The van der Waals surface area contributed by atoms with Crippen LogP contribution in [0.25, 0.3) is 0 Å². The molecular weight excluding hydrogens is 257 g/mol. The summed E-state index contributed by atoms with van der Waals surface area (Å²) in [6, 6.07) is 3.84. The van der Waals surface area contributed by atoms with Crippen molar-refractivity contribution in [1.82, 2.24) is 0 Å². The number of hydrogen-bond acceptors (Lipinski definition) is 3. The van der Waals surface area contributed by atoms with Gasteiger partial charge in [0.2, 0.25) is 0 Å². The van der Waals surface area contributed by atoms with Gasteiger partial charge in [0.25, 0.3) is 0 Å². The van der Waals surface area contributed by atoms with Crippen molar-refractivity contribution in [2.45, 2.75) is 31.4 Å². The second-order valence-electron chi connectivity index (χ2n) is 4.56. The first kappa shape index (κ1) is 15.2. The van der Waals surface area contributed by atoms with Crippen LogP contribution >= 0.6 is 12.4 Å². The van der Waals surface area contributed by atoms with E-state index in [1.54, 1.807) is 12.1 Å². The third-order valence-corrected chi connectivity index (χ3v) is 3.57. The molecule has 0 heterocycles. The third-order valence-electron chi connectivity index (χ3n) is 3.57. The van der Waals surface area contributed by atoms with Crippen molar-refractivity contribution in [2.24, 2.45) is 11.7 Å². The van der Waals surface area contributed by atoms with Crippen molar-refractivity contribution in [3.8, 4) is 5.75 Å². The fourth-order valence-corrected chi connectivity index (χ4v) is 2.26. The van der Waals surface area contributed by atoms with Crippen molar-refractivity contribution in [2.75, 3.05) is 7.11 Å². The van der Waals surface area contributed by atoms with Crippen LogP contribution < -0.4 is 10.5 Å². The van der Waals surface area contributed by atoms with Crippen molar-refractivity contribution < 1.29 is 14.2 Å². The van der Waals surface area contributed by atoms with Gasteiger partial charge in [0, 0.05) is 5.56 Å². The molecule has 3 N–H and O–H groups in total. The molecule has 0 aliphatic heterocycles. The molecule has 0 amide bonds. The van der Waals surface area contributed by atoms with E-state index in [-0.39, 0.29) is 23.9 Å². The van der Waals surface area contributed by atoms with Gasteiger partial charge in [-0.15, -0.1) is 12.4 Å². The third kappa shape index (κ3) is 2.76. The second kappa shape index (κ2) is 6.36. The lowest BCUT2D eigenvalue weighted by atomic mass is 9.77. The molecule has 1 saturated carbocycles. The van der Waals surface area contributed by atoms with Crippen LogP contribution in [0.5, 0.6) is 5.75 Å². The van der Waals surface area contributed by atoms with Crippen molar-refractivity contribution in [3.63, 3.8) is 0 Å². The monoisotopic (exact) mass is 275 g/mol. The van der Waals surface area contributed by atoms with Gasteiger partial charge < -0.3 is 15.6 Å². The summed E-state index contributed by atoms with van der Waals surface area (Å²) < 4.78 is 18.9. The zero-order chi connectivity index (χ0) is 12.4. The molecule has 5 heteroatoms. The zero-order valence-electron chi connectivity index (χ0n) is 10.3. The van der Waals surface area contributed by atoms with Crippen LogP contribution in [0.2, 0.25) is 0 Å². The van der Waals surface area contributed by atoms with Crippen LogP contribution in [0, 0.1) is 11.7 Å². The quantitative estimate of drug-likeness (QED) is 0.887. The number of halogens is 2. The number of hydrogen-bond donors (Lipinski definition) is 2. The first-order chi connectivity index (χ1) is 8.15. The predicted molar refractivity (Wildman–Crippen MR) is 70.5 cm³/mol. The number of aliphatic hydroxyl groups is 1. The van der Waals surface area contributed by atoms with Gasteiger partial charge in [-0.25, -0.2) is 4.39 Å². The van der Waals surface area contributed by atoms with Crippen molar-refractivity contribution in [1.29, 1.82) is 0 Å². The van der Waals surface area contributed by atoms with E-state index < -0.39 is 18.0 Å². The van der Waals surface area contributed by atoms with Crippen LogP contribution in [-0.4, -0.2) is 18.3 Å². The molecule has 102 valence electrons. The average molecular weight is 276 g/mol. The number of rotatable bonds is 4. The molecule has 1 aromatic carbocycles. The van der Waals surface area contributed by atoms with Gasteiger partial charge >= 0.3 is 0 Å². The minimum atomic E-state index is -0.726. The first-order valence-electron chi connectivity index (χ1n) is 5.91. The SMILES string of the molecule is COc1cccc(F)c1[C@H](N)[C@H](O)C1CCC1.Cl. The molecule has 0 saturated heterocycles. The maximum absolute atomic E-state index is 13.8. The molecule has 2 rings (SSSR count). The summed E-state index contributed by atoms with van der Waals surface area (Å²) in [6.07, 6.45) is 2.34. The first-order valence-corrected chi connectivity index (χ1v) is 5.91. The van der Waals surface area contributed by atoms with Crippen LogP contribution in [-0.2, 0) is 0 Å². The molecular formula is C13H19ClFNO2. The Morgan fingerprint density at radius 2 is 2.11 bits per heavy atom. The van der Waals surface area contributed by atoms with Gasteiger partial charge in [-0.2, -0.15) is 0 Å². The standard InChI is InChI=1S/C13H18FNO2.ClH/c1-17-10-7-3-6-9(14)11(10)12(15)13(16)8-4-2-5-8;/h3,6-8,12-13,16H,2,4-5,15H2,1H3;1H/t12-,13+;/m0./s1. The Morgan fingerprint density at radius 3 is 2.61 bits per heavy atom. The van der Waals surface area contributed by atoms with Crippen LogP contribution in [0.3, 0.4) is 0 Å². The number of aliphatic hydroxyl groups excluding tert-OH is 1. The number of nitrogens with two attached hydrogens (primary N) is 1. The maximum atomic E-state index is 13.8. The molecule has 0 unspecified atom stereocenters. The molecule has 3 nitrogen and oxygen atoms in total. The van der Waals surface area contributed by atoms with E-state index in [2.05, 4.69) is 0 Å². The minimum absolute atomic E-state index is 0. The lowest BCUT2D eigenvalue weighted by molar-refractivity contribution is 0.0398. The molecule has 1 aliphatic carbocycles. The van der Waals surface area contributed by atoms with E-state index in [9.17, 15) is 9.50 Å². The molecule has 0 spiro atoms. The molecule has 0 radical (unpaired) electrons. The second-order valence-corrected chi connectivity index (χ2v) is 4.56. The number of ether oxygens (including phenoxy) is 1. The van der Waals surface area contributed by atoms with Gasteiger partial charge in [0.15, 0.2) is 0 Å². The highest BCUT2D eigenvalue weighted by atomic mass is 35.5. The Hall–Kier alpha value is -0.840. The fourth-order valence-electron chi connectivity index (χ4n) is 2.26. The highest BCUT2D eigenvalue weighted by Crippen LogP contribution is 2.37. The molecule has 18 heavy (non-hydrogen) atoms. The topological polar surface area (TPSA) is 55.5 Å². The van der Waals surface area contributed by atoms with E-state index in [4.69, 9.17) is 10.5 Å². The average Bonchev–Trinajstić information content (AvgIpc) is 2.25. The Labute approximate surface area is 113 Å². The number of methoxy groups -OCH3 is 1. The van der Waals surface area contributed by atoms with Crippen LogP contribution in [0.1, 0.15) is 30.9 Å². The van der Waals surface area contributed by atoms with E-state index in [1.165, 1.54) is 13.2 Å². The molecule has 1 aliphatic rings. The predicted octanol–water partition coefficient (Wildman–Crippen LogP) is 2.42. The summed E-state index contributed by atoms with van der Waals surface area (Å²) in [5.74, 6) is 0.167. The zero-order valence-corrected chi connectivity index (χ0v) is 11.1. The number of benzene rings is 1. The smallest absolute Gasteiger partial charge is 0.131 e. The van der Waals surface area contributed by atoms with Crippen LogP contribution in [0.4, 0.5) is 4.39 Å². The van der Waals surface area contributed by atoms with E-state index >= 15 is 0 Å². The maximum Gasteiger partial charge on any atom is 0.131 e. The van der Waals surface area contributed by atoms with Gasteiger partial charge in [-0.3, -0.25) is 0 Å². The lowest BCUT2D eigenvalue weighted by Gasteiger charge is -2.34. The molecule has 1 fully saturated rings. The van der Waals surface area contributed by atoms with E-state index in [1.807, 2.05) is 0 Å². The van der Waals surface area contributed by atoms with E-state index in [0.29, 0.717) is 5.75 Å². The Morgan fingerprint density at radius 1 is 1.44 bits per heavy atom. The Balaban J connectivity index is 0.00000162. The summed E-state index contributed by atoms with van der Waals surface area (Å²) in [4.78, 5) is 0. The largest absolute Gasteiger partial charge is 0.496 e. The minimum Gasteiger partial charge on any atom is -0.496 e. The van der Waals surface area contributed by atoms with E-state index in [0.717, 1.165) is 19.3 Å². The van der Waals surface area contributed by atoms with Gasteiger partial charge in [0.05, 0.1) is 19.3 Å². The fraction of sp³-hybridized carbons (Fsp3) is 0.538. The Kier molecular flexibility index (Phi) is 5.38. The summed E-state index contributed by atoms with van der Waals surface area (Å²) >= 11 is 0. The summed E-state index contributed by atoms with van der Waals surface area (Å²) in [5, 5.41) is 10.1. The normalized spacial score (nSPS) is 18.4. The highest BCUT2D eigenvalue weighted by molar-refractivity contribution is 5.85. The molecule has 2 atom stereocenters. The summed E-state index contributed by atoms with van der Waals surface area (Å²) in [5.41, 5.74) is 6.23. The summed E-state index contributed by atoms with van der Waals surface area (Å²) in [7, 11) is 1.47. The molecule has 0 aromatic heterocycles. The Bertz CT molecular complexity index is 399. The van der Waals surface area contributed by atoms with Gasteiger partial charge in [-0.05, 0) is 30.9 Å².